The molecule has 2 rings (SSSR count). The summed E-state index contributed by atoms with van der Waals surface area (Å²) < 4.78 is 5.15. The minimum Gasteiger partial charge on any atom is -0.497 e. The number of pyridine rings is 1. The SMILES string of the molecule is COc1ccc2c(O)nc(N(C)C)cc2c1. The van der Waals surface area contributed by atoms with E-state index in [0.717, 1.165) is 22.3 Å². The van der Waals surface area contributed by atoms with Crippen LogP contribution in [0.4, 0.5) is 5.82 Å². The standard InChI is InChI=1S/C12H14N2O2/c1-14(2)11-7-8-6-9(16-3)4-5-10(8)12(15)13-11/h4-7H,1-3H3,(H,13,15). The van der Waals surface area contributed by atoms with Gasteiger partial charge in [-0.2, -0.15) is 4.98 Å². The fraction of sp³-hybridized carbons (Fsp3) is 0.250. The van der Waals surface area contributed by atoms with Crippen LogP contribution < -0.4 is 9.64 Å². The highest BCUT2D eigenvalue weighted by molar-refractivity contribution is 5.89. The summed E-state index contributed by atoms with van der Waals surface area (Å²) in [6, 6.07) is 7.40. The van der Waals surface area contributed by atoms with Crippen molar-refractivity contribution in [2.45, 2.75) is 0 Å². The van der Waals surface area contributed by atoms with Crippen molar-refractivity contribution < 1.29 is 9.84 Å². The summed E-state index contributed by atoms with van der Waals surface area (Å²) in [5.41, 5.74) is 0. The molecule has 2 aromatic rings. The molecule has 84 valence electrons. The summed E-state index contributed by atoms with van der Waals surface area (Å²) in [5.74, 6) is 1.53. The van der Waals surface area contributed by atoms with Gasteiger partial charge in [-0.15, -0.1) is 0 Å². The van der Waals surface area contributed by atoms with E-state index < -0.39 is 0 Å². The van der Waals surface area contributed by atoms with Crippen molar-refractivity contribution >= 4 is 16.6 Å². The molecule has 1 aromatic heterocycles. The highest BCUT2D eigenvalue weighted by atomic mass is 16.5. The Bertz CT molecular complexity index is 524. The normalized spacial score (nSPS) is 10.4. The number of methoxy groups -OCH3 is 1. The molecule has 0 spiro atoms. The van der Waals surface area contributed by atoms with Crippen molar-refractivity contribution in [2.75, 3.05) is 26.1 Å². The number of anilines is 1. The van der Waals surface area contributed by atoms with E-state index in [9.17, 15) is 5.11 Å². The third kappa shape index (κ3) is 1.74. The quantitative estimate of drug-likeness (QED) is 0.837. The van der Waals surface area contributed by atoms with Gasteiger partial charge in [0, 0.05) is 19.5 Å². The lowest BCUT2D eigenvalue weighted by Crippen LogP contribution is -2.10. The summed E-state index contributed by atoms with van der Waals surface area (Å²) in [7, 11) is 5.39. The van der Waals surface area contributed by atoms with Gasteiger partial charge < -0.3 is 14.7 Å². The molecule has 16 heavy (non-hydrogen) atoms. The largest absolute Gasteiger partial charge is 0.497 e. The number of rotatable bonds is 2. The topological polar surface area (TPSA) is 45.6 Å². The Morgan fingerprint density at radius 1 is 1.25 bits per heavy atom. The molecule has 0 unspecified atom stereocenters. The smallest absolute Gasteiger partial charge is 0.220 e. The molecule has 4 nitrogen and oxygen atoms in total. The van der Waals surface area contributed by atoms with Crippen LogP contribution in [0, 0.1) is 0 Å². The van der Waals surface area contributed by atoms with Crippen molar-refractivity contribution in [2.24, 2.45) is 0 Å². The molecular formula is C12H14N2O2. The second kappa shape index (κ2) is 3.89. The maximum atomic E-state index is 9.79. The predicted molar refractivity (Wildman–Crippen MR) is 64.3 cm³/mol. The lowest BCUT2D eigenvalue weighted by Gasteiger charge is -2.13. The Morgan fingerprint density at radius 2 is 2.00 bits per heavy atom. The van der Waals surface area contributed by atoms with Crippen LogP contribution in [0.2, 0.25) is 0 Å². The highest BCUT2D eigenvalue weighted by Gasteiger charge is 2.06. The molecular weight excluding hydrogens is 204 g/mol. The fourth-order valence-electron chi connectivity index (χ4n) is 1.56. The van der Waals surface area contributed by atoms with Crippen LogP contribution in [0.15, 0.2) is 24.3 Å². The van der Waals surface area contributed by atoms with E-state index in [-0.39, 0.29) is 5.88 Å². The van der Waals surface area contributed by atoms with E-state index in [1.54, 1.807) is 19.2 Å². The van der Waals surface area contributed by atoms with Crippen molar-refractivity contribution in [3.63, 3.8) is 0 Å². The zero-order valence-electron chi connectivity index (χ0n) is 9.56. The van der Waals surface area contributed by atoms with Crippen LogP contribution in [-0.4, -0.2) is 31.3 Å². The lowest BCUT2D eigenvalue weighted by molar-refractivity contribution is 0.415. The molecule has 0 amide bonds. The first-order valence-electron chi connectivity index (χ1n) is 4.97. The molecule has 0 aliphatic heterocycles. The van der Waals surface area contributed by atoms with Crippen molar-refractivity contribution in [1.29, 1.82) is 0 Å². The molecule has 1 N–H and O–H groups in total. The van der Waals surface area contributed by atoms with Gasteiger partial charge in [0.25, 0.3) is 0 Å². The van der Waals surface area contributed by atoms with E-state index in [0.29, 0.717) is 0 Å². The monoisotopic (exact) mass is 218 g/mol. The number of aromatic hydroxyl groups is 1. The number of nitrogens with zero attached hydrogens (tertiary/aromatic N) is 2. The number of hydrogen-bond acceptors (Lipinski definition) is 4. The minimum atomic E-state index is 0.0452. The van der Waals surface area contributed by atoms with Crippen LogP contribution in [0.1, 0.15) is 0 Å². The van der Waals surface area contributed by atoms with Crippen molar-refractivity contribution in [3.8, 4) is 11.6 Å². The molecule has 0 saturated carbocycles. The van der Waals surface area contributed by atoms with Gasteiger partial charge in [0.05, 0.1) is 7.11 Å². The zero-order chi connectivity index (χ0) is 11.7. The van der Waals surface area contributed by atoms with E-state index in [1.807, 2.05) is 31.1 Å². The van der Waals surface area contributed by atoms with E-state index in [2.05, 4.69) is 4.98 Å². The molecule has 1 heterocycles. The number of benzene rings is 1. The van der Waals surface area contributed by atoms with Crippen LogP contribution in [0.25, 0.3) is 10.8 Å². The first-order chi connectivity index (χ1) is 7.61. The van der Waals surface area contributed by atoms with E-state index >= 15 is 0 Å². The van der Waals surface area contributed by atoms with Gasteiger partial charge in [-0.1, -0.05) is 0 Å². The Morgan fingerprint density at radius 3 is 2.62 bits per heavy atom. The van der Waals surface area contributed by atoms with Gasteiger partial charge in [0.1, 0.15) is 11.6 Å². The average Bonchev–Trinajstić information content (AvgIpc) is 2.28. The number of aromatic nitrogens is 1. The van der Waals surface area contributed by atoms with Crippen LogP contribution in [0.5, 0.6) is 11.6 Å². The average molecular weight is 218 g/mol. The van der Waals surface area contributed by atoms with Crippen LogP contribution in [-0.2, 0) is 0 Å². The van der Waals surface area contributed by atoms with E-state index in [1.165, 1.54) is 0 Å². The Labute approximate surface area is 94.1 Å². The molecule has 0 atom stereocenters. The summed E-state index contributed by atoms with van der Waals surface area (Å²) >= 11 is 0. The molecule has 0 radical (unpaired) electrons. The minimum absolute atomic E-state index is 0.0452. The zero-order valence-corrected chi connectivity index (χ0v) is 9.56. The molecule has 4 heteroatoms. The van der Waals surface area contributed by atoms with Crippen molar-refractivity contribution in [1.82, 2.24) is 4.98 Å². The first-order valence-corrected chi connectivity index (χ1v) is 4.97. The van der Waals surface area contributed by atoms with Gasteiger partial charge in [0.2, 0.25) is 5.88 Å². The fourth-order valence-corrected chi connectivity index (χ4v) is 1.56. The lowest BCUT2D eigenvalue weighted by atomic mass is 10.1. The molecule has 0 saturated heterocycles. The van der Waals surface area contributed by atoms with Crippen molar-refractivity contribution in [3.05, 3.63) is 24.3 Å². The van der Waals surface area contributed by atoms with Gasteiger partial charge in [0.15, 0.2) is 0 Å². The number of hydrogen-bond donors (Lipinski definition) is 1. The van der Waals surface area contributed by atoms with Gasteiger partial charge in [-0.25, -0.2) is 0 Å². The first kappa shape index (κ1) is 10.5. The molecule has 0 bridgehead atoms. The summed E-state index contributed by atoms with van der Waals surface area (Å²) in [6.45, 7) is 0. The number of ether oxygens (including phenoxy) is 1. The van der Waals surface area contributed by atoms with Gasteiger partial charge >= 0.3 is 0 Å². The third-order valence-corrected chi connectivity index (χ3v) is 2.46. The molecule has 0 aliphatic carbocycles. The second-order valence-electron chi connectivity index (χ2n) is 3.79. The third-order valence-electron chi connectivity index (χ3n) is 2.46. The summed E-state index contributed by atoms with van der Waals surface area (Å²) in [6.07, 6.45) is 0. The highest BCUT2D eigenvalue weighted by Crippen LogP contribution is 2.29. The summed E-state index contributed by atoms with van der Waals surface area (Å²) in [4.78, 5) is 5.94. The van der Waals surface area contributed by atoms with E-state index in [4.69, 9.17) is 4.74 Å². The summed E-state index contributed by atoms with van der Waals surface area (Å²) in [5, 5.41) is 11.4. The van der Waals surface area contributed by atoms with Crippen LogP contribution >= 0.6 is 0 Å². The van der Waals surface area contributed by atoms with Gasteiger partial charge in [-0.05, 0) is 29.7 Å². The van der Waals surface area contributed by atoms with Gasteiger partial charge in [-0.3, -0.25) is 0 Å². The maximum Gasteiger partial charge on any atom is 0.220 e. The Balaban J connectivity index is 2.68. The second-order valence-corrected chi connectivity index (χ2v) is 3.79. The number of fused-ring (bicyclic) bond motifs is 1. The molecule has 0 fully saturated rings. The molecule has 0 aliphatic rings. The Hall–Kier alpha value is -1.97. The predicted octanol–water partition coefficient (Wildman–Crippen LogP) is 2.01. The van der Waals surface area contributed by atoms with Crippen LogP contribution in [0.3, 0.4) is 0 Å². The maximum absolute atomic E-state index is 9.79. The molecule has 1 aromatic carbocycles. The Kier molecular flexibility index (Phi) is 2.56.